The standard InChI is InChI=1S/C38H44N4O15/c1-4-6-7-8-25(28(5-2)42(21-43)57-38(53)22-9-12-24(54-3)13-10-22)34(48)39-20-40-36(50)30-16-15-29(56-30)23-11-14-26(31(17-23)55-19-33(46)47)35(49)41-27(37(51)52)18-32(44)45/h9-17,21,25,27-28H,4-8,18-20H2,1-3H3,(H,39,48)(H,40,50)(H,41,49)(H,44,45)(H,46,47)(H,51,52)/t25-,27+,28-/m1/s1. The Morgan fingerprint density at radius 2 is 1.60 bits per heavy atom. The molecule has 3 rings (SSSR count). The van der Waals surface area contributed by atoms with Gasteiger partial charge in [0.2, 0.25) is 12.3 Å². The number of unbranched alkanes of at least 4 members (excludes halogenated alkanes) is 2. The van der Waals surface area contributed by atoms with E-state index in [2.05, 4.69) is 16.0 Å². The van der Waals surface area contributed by atoms with Gasteiger partial charge in [-0.25, -0.2) is 14.4 Å². The van der Waals surface area contributed by atoms with Crippen molar-refractivity contribution in [3.8, 4) is 22.8 Å². The molecule has 0 aliphatic heterocycles. The quantitative estimate of drug-likeness (QED) is 0.0329. The maximum absolute atomic E-state index is 13.5. The van der Waals surface area contributed by atoms with Gasteiger partial charge < -0.3 is 50.0 Å². The number of nitrogens with zero attached hydrogens (tertiary/aromatic N) is 1. The van der Waals surface area contributed by atoms with Crippen molar-refractivity contribution in [1.82, 2.24) is 21.0 Å². The molecule has 3 aromatic rings. The minimum absolute atomic E-state index is 0.0746. The van der Waals surface area contributed by atoms with Crippen LogP contribution in [0.1, 0.15) is 83.6 Å². The molecule has 3 atom stereocenters. The number of hydroxylamine groups is 2. The van der Waals surface area contributed by atoms with Crippen molar-refractivity contribution in [2.45, 2.75) is 64.5 Å². The molecule has 57 heavy (non-hydrogen) atoms. The van der Waals surface area contributed by atoms with E-state index in [0.717, 1.165) is 17.9 Å². The maximum atomic E-state index is 13.5. The Labute approximate surface area is 326 Å². The number of carboxylic acids is 3. The van der Waals surface area contributed by atoms with Gasteiger partial charge in [-0.15, -0.1) is 0 Å². The summed E-state index contributed by atoms with van der Waals surface area (Å²) in [5, 5.41) is 35.4. The Kier molecular flexibility index (Phi) is 17.0. The van der Waals surface area contributed by atoms with Gasteiger partial charge in [-0.3, -0.25) is 24.0 Å². The molecule has 19 heteroatoms. The van der Waals surface area contributed by atoms with Crippen molar-refractivity contribution < 1.29 is 72.4 Å². The molecule has 306 valence electrons. The predicted molar refractivity (Wildman–Crippen MR) is 197 cm³/mol. The zero-order valence-corrected chi connectivity index (χ0v) is 31.4. The Balaban J connectivity index is 1.72. The number of carbonyl (C=O) groups excluding carboxylic acids is 5. The molecular weight excluding hydrogens is 752 g/mol. The van der Waals surface area contributed by atoms with E-state index < -0.39 is 72.6 Å². The first-order chi connectivity index (χ1) is 27.2. The second-order valence-corrected chi connectivity index (χ2v) is 12.4. The Bertz CT molecular complexity index is 1910. The van der Waals surface area contributed by atoms with E-state index in [0.29, 0.717) is 25.0 Å². The smallest absolute Gasteiger partial charge is 0.363 e. The molecule has 0 aliphatic rings. The summed E-state index contributed by atoms with van der Waals surface area (Å²) in [5.41, 5.74) is 0.0692. The van der Waals surface area contributed by atoms with Crippen molar-refractivity contribution in [2.75, 3.05) is 20.4 Å². The van der Waals surface area contributed by atoms with Gasteiger partial charge in [0.05, 0.1) is 43.3 Å². The first-order valence-electron chi connectivity index (χ1n) is 17.7. The Morgan fingerprint density at radius 3 is 2.19 bits per heavy atom. The van der Waals surface area contributed by atoms with Crippen LogP contribution in [-0.2, 0) is 28.8 Å². The lowest BCUT2D eigenvalue weighted by molar-refractivity contribution is -0.171. The summed E-state index contributed by atoms with van der Waals surface area (Å²) in [4.78, 5) is 104. The van der Waals surface area contributed by atoms with E-state index in [1.807, 2.05) is 6.92 Å². The fraction of sp³-hybridized carbons (Fsp3) is 0.368. The summed E-state index contributed by atoms with van der Waals surface area (Å²) in [6, 6.07) is 9.87. The van der Waals surface area contributed by atoms with Gasteiger partial charge >= 0.3 is 23.9 Å². The number of ether oxygens (including phenoxy) is 2. The van der Waals surface area contributed by atoms with E-state index in [9.17, 15) is 43.5 Å². The zero-order chi connectivity index (χ0) is 42.1. The molecular formula is C38H44N4O15. The number of methoxy groups -OCH3 is 1. The van der Waals surface area contributed by atoms with Crippen molar-refractivity contribution in [3.05, 3.63) is 71.5 Å². The number of carboxylic acid groups (broad SMARTS) is 3. The van der Waals surface area contributed by atoms with Crippen LogP contribution in [0.2, 0.25) is 0 Å². The highest BCUT2D eigenvalue weighted by atomic mass is 16.7. The first kappa shape index (κ1) is 44.5. The monoisotopic (exact) mass is 796 g/mol. The van der Waals surface area contributed by atoms with Crippen LogP contribution >= 0.6 is 0 Å². The molecule has 0 spiro atoms. The van der Waals surface area contributed by atoms with Crippen LogP contribution in [0.5, 0.6) is 11.5 Å². The number of nitrogens with one attached hydrogen (secondary N) is 3. The van der Waals surface area contributed by atoms with E-state index in [4.69, 9.17) is 28.9 Å². The second kappa shape index (κ2) is 21.8. The molecule has 0 radical (unpaired) electrons. The van der Waals surface area contributed by atoms with E-state index >= 15 is 0 Å². The molecule has 0 bridgehead atoms. The number of furan rings is 1. The summed E-state index contributed by atoms with van der Waals surface area (Å²) in [6.45, 7) is 2.48. The summed E-state index contributed by atoms with van der Waals surface area (Å²) in [5.74, 6) is -8.34. The fourth-order valence-electron chi connectivity index (χ4n) is 5.57. The van der Waals surface area contributed by atoms with Crippen LogP contribution in [0.25, 0.3) is 11.3 Å². The highest BCUT2D eigenvalue weighted by Gasteiger charge is 2.34. The Hall–Kier alpha value is -6.92. The average molecular weight is 797 g/mol. The molecule has 4 amide bonds. The SMILES string of the molecule is CCCCC[C@@H](C(=O)NCNC(=O)c1ccc(-c2ccc(C(=O)N[C@@H](CC(=O)O)C(=O)O)c(OCC(=O)O)c2)o1)[C@@H](CC)N(C=O)OC(=O)c1ccc(OC)cc1. The zero-order valence-electron chi connectivity index (χ0n) is 31.4. The number of carbonyl (C=O) groups is 8. The van der Waals surface area contributed by atoms with Crippen molar-refractivity contribution >= 4 is 48.0 Å². The largest absolute Gasteiger partial charge is 0.497 e. The second-order valence-electron chi connectivity index (χ2n) is 12.4. The van der Waals surface area contributed by atoms with Gasteiger partial charge in [0.25, 0.3) is 11.8 Å². The molecule has 0 aliphatic carbocycles. The summed E-state index contributed by atoms with van der Waals surface area (Å²) in [7, 11) is 1.47. The molecule has 1 aromatic heterocycles. The van der Waals surface area contributed by atoms with E-state index in [-0.39, 0.29) is 47.0 Å². The van der Waals surface area contributed by atoms with Crippen molar-refractivity contribution in [3.63, 3.8) is 0 Å². The van der Waals surface area contributed by atoms with Crippen LogP contribution in [0.4, 0.5) is 0 Å². The minimum Gasteiger partial charge on any atom is -0.497 e. The van der Waals surface area contributed by atoms with Gasteiger partial charge in [-0.05, 0) is 61.4 Å². The molecule has 0 saturated carbocycles. The molecule has 1 heterocycles. The average Bonchev–Trinajstić information content (AvgIpc) is 3.69. The minimum atomic E-state index is -1.79. The lowest BCUT2D eigenvalue weighted by Crippen LogP contribution is -2.49. The van der Waals surface area contributed by atoms with E-state index in [1.54, 1.807) is 19.1 Å². The number of hydrogen-bond donors (Lipinski definition) is 6. The lowest BCUT2D eigenvalue weighted by atomic mass is 9.90. The van der Waals surface area contributed by atoms with Crippen LogP contribution in [0, 0.1) is 5.92 Å². The molecule has 0 saturated heterocycles. The summed E-state index contributed by atoms with van der Waals surface area (Å²) < 4.78 is 16.0. The summed E-state index contributed by atoms with van der Waals surface area (Å²) >= 11 is 0. The van der Waals surface area contributed by atoms with Gasteiger partial charge in [0.1, 0.15) is 23.3 Å². The van der Waals surface area contributed by atoms with E-state index in [1.165, 1.54) is 49.6 Å². The maximum Gasteiger partial charge on any atom is 0.363 e. The number of amides is 4. The van der Waals surface area contributed by atoms with Gasteiger partial charge in [0.15, 0.2) is 12.4 Å². The van der Waals surface area contributed by atoms with Gasteiger partial charge in [-0.1, -0.05) is 39.2 Å². The third-order valence-corrected chi connectivity index (χ3v) is 8.47. The van der Waals surface area contributed by atoms with Crippen LogP contribution in [-0.4, -0.2) is 101 Å². The van der Waals surface area contributed by atoms with Crippen LogP contribution in [0.3, 0.4) is 0 Å². The third-order valence-electron chi connectivity index (χ3n) is 8.47. The molecule has 19 nitrogen and oxygen atoms in total. The number of benzene rings is 2. The Morgan fingerprint density at radius 1 is 0.877 bits per heavy atom. The topological polar surface area (TPSA) is 277 Å². The van der Waals surface area contributed by atoms with Crippen molar-refractivity contribution in [1.29, 1.82) is 0 Å². The molecule has 0 unspecified atom stereocenters. The first-order valence-corrected chi connectivity index (χ1v) is 17.7. The normalized spacial score (nSPS) is 12.2. The molecule has 6 N–H and O–H groups in total. The molecule has 2 aromatic carbocycles. The number of aliphatic carboxylic acids is 3. The van der Waals surface area contributed by atoms with Crippen LogP contribution in [0.15, 0.2) is 59.0 Å². The van der Waals surface area contributed by atoms with Gasteiger partial charge in [-0.2, -0.15) is 5.06 Å². The number of hydrogen-bond acceptors (Lipinski definition) is 12. The predicted octanol–water partition coefficient (Wildman–Crippen LogP) is 3.09. The summed E-state index contributed by atoms with van der Waals surface area (Å²) in [6.07, 6.45) is 2.30. The lowest BCUT2D eigenvalue weighted by Gasteiger charge is -2.31. The van der Waals surface area contributed by atoms with Gasteiger partial charge in [0, 0.05) is 5.56 Å². The van der Waals surface area contributed by atoms with Crippen molar-refractivity contribution in [2.24, 2.45) is 5.92 Å². The highest BCUT2D eigenvalue weighted by molar-refractivity contribution is 6.00. The third kappa shape index (κ3) is 13.1. The molecule has 0 fully saturated rings. The fourth-order valence-corrected chi connectivity index (χ4v) is 5.57. The van der Waals surface area contributed by atoms with Crippen LogP contribution < -0.4 is 25.4 Å². The number of rotatable bonds is 24. The highest BCUT2D eigenvalue weighted by Crippen LogP contribution is 2.29.